The molecule has 2 nitrogen and oxygen atoms in total. The van der Waals surface area contributed by atoms with E-state index in [1.165, 1.54) is 47.7 Å². The Labute approximate surface area is 160 Å². The standard InChI is InChI=1S/C23H25ClN2/c1-16-10-11-21-19(14-16)18-7-4-9-22-23(18)26(21)13-5-12-25(22)15-17-6-2-3-8-20(17)24/h2-3,6,8,10-11,14,22H,4-5,7,9,12-13,15H2,1H3. The van der Waals surface area contributed by atoms with Gasteiger partial charge in [0.15, 0.2) is 0 Å². The van der Waals surface area contributed by atoms with Crippen molar-refractivity contribution in [2.24, 2.45) is 0 Å². The van der Waals surface area contributed by atoms with Gasteiger partial charge in [-0.3, -0.25) is 4.90 Å². The maximum atomic E-state index is 6.47. The first-order valence-corrected chi connectivity index (χ1v) is 10.2. The van der Waals surface area contributed by atoms with Crippen LogP contribution in [0, 0.1) is 6.92 Å². The summed E-state index contributed by atoms with van der Waals surface area (Å²) in [6.07, 6.45) is 4.96. The lowest BCUT2D eigenvalue weighted by Crippen LogP contribution is -2.31. The Morgan fingerprint density at radius 2 is 1.96 bits per heavy atom. The molecule has 0 N–H and O–H groups in total. The van der Waals surface area contributed by atoms with Gasteiger partial charge in [0.2, 0.25) is 0 Å². The molecular formula is C23H25ClN2. The minimum Gasteiger partial charge on any atom is -0.343 e. The fourth-order valence-corrected chi connectivity index (χ4v) is 5.22. The second-order valence-electron chi connectivity index (χ2n) is 7.86. The molecule has 2 aliphatic rings. The normalized spacial score (nSPS) is 20.2. The van der Waals surface area contributed by atoms with Crippen molar-refractivity contribution in [3.8, 4) is 0 Å². The summed E-state index contributed by atoms with van der Waals surface area (Å²) in [5.74, 6) is 0. The number of halogens is 1. The molecule has 0 spiro atoms. The molecule has 3 heteroatoms. The molecule has 0 fully saturated rings. The Balaban J connectivity index is 1.61. The SMILES string of the molecule is Cc1ccc2c(c1)c1c3n2CCCN(Cc2ccccc2Cl)C3CCC1. The largest absolute Gasteiger partial charge is 0.343 e. The Kier molecular flexibility index (Phi) is 4.06. The van der Waals surface area contributed by atoms with E-state index in [2.05, 4.69) is 46.7 Å². The number of fused-ring (bicyclic) bond motifs is 3. The van der Waals surface area contributed by atoms with E-state index in [1.807, 2.05) is 12.1 Å². The van der Waals surface area contributed by atoms with E-state index in [0.717, 1.165) is 24.7 Å². The summed E-state index contributed by atoms with van der Waals surface area (Å²) in [5, 5.41) is 2.38. The Hall–Kier alpha value is -1.77. The molecule has 0 amide bonds. The molecule has 1 aliphatic heterocycles. The lowest BCUT2D eigenvalue weighted by molar-refractivity contribution is 0.173. The van der Waals surface area contributed by atoms with Gasteiger partial charge in [0.05, 0.1) is 6.04 Å². The minimum atomic E-state index is 0.519. The third kappa shape index (κ3) is 2.59. The molecule has 1 aromatic heterocycles. The summed E-state index contributed by atoms with van der Waals surface area (Å²) in [4.78, 5) is 2.68. The molecule has 5 rings (SSSR count). The topological polar surface area (TPSA) is 8.17 Å². The molecule has 1 unspecified atom stereocenters. The van der Waals surface area contributed by atoms with Crippen LogP contribution in [0.25, 0.3) is 10.9 Å². The van der Waals surface area contributed by atoms with Gasteiger partial charge in [-0.1, -0.05) is 41.4 Å². The van der Waals surface area contributed by atoms with Crippen molar-refractivity contribution < 1.29 is 0 Å². The summed E-state index contributed by atoms with van der Waals surface area (Å²) >= 11 is 6.47. The van der Waals surface area contributed by atoms with E-state index < -0.39 is 0 Å². The highest BCUT2D eigenvalue weighted by atomic mass is 35.5. The second-order valence-corrected chi connectivity index (χ2v) is 8.27. The number of aryl methyl sites for hydroxylation is 3. The second kappa shape index (κ2) is 6.44. The molecule has 0 radical (unpaired) electrons. The minimum absolute atomic E-state index is 0.519. The van der Waals surface area contributed by atoms with Crippen LogP contribution in [-0.4, -0.2) is 16.0 Å². The number of hydrogen-bond acceptors (Lipinski definition) is 1. The smallest absolute Gasteiger partial charge is 0.0507 e. The van der Waals surface area contributed by atoms with Gasteiger partial charge in [-0.05, 0) is 61.9 Å². The van der Waals surface area contributed by atoms with Gasteiger partial charge in [-0.15, -0.1) is 0 Å². The van der Waals surface area contributed by atoms with Crippen molar-refractivity contribution in [2.45, 2.75) is 51.7 Å². The highest BCUT2D eigenvalue weighted by Crippen LogP contribution is 2.42. The van der Waals surface area contributed by atoms with Crippen LogP contribution in [0.15, 0.2) is 42.5 Å². The number of benzene rings is 2. The average Bonchev–Trinajstić information content (AvgIpc) is 2.83. The molecule has 0 saturated carbocycles. The van der Waals surface area contributed by atoms with Gasteiger partial charge < -0.3 is 4.57 Å². The number of nitrogens with zero attached hydrogens (tertiary/aromatic N) is 2. The summed E-state index contributed by atoms with van der Waals surface area (Å²) in [7, 11) is 0. The molecule has 26 heavy (non-hydrogen) atoms. The zero-order valence-corrected chi connectivity index (χ0v) is 16.1. The lowest BCUT2D eigenvalue weighted by atomic mass is 9.90. The highest BCUT2D eigenvalue weighted by Gasteiger charge is 2.33. The molecule has 3 aromatic rings. The van der Waals surface area contributed by atoms with Gasteiger partial charge in [0.25, 0.3) is 0 Å². The average molecular weight is 365 g/mol. The van der Waals surface area contributed by atoms with Gasteiger partial charge >= 0.3 is 0 Å². The van der Waals surface area contributed by atoms with E-state index in [4.69, 9.17) is 11.6 Å². The van der Waals surface area contributed by atoms with Crippen molar-refractivity contribution in [1.82, 2.24) is 9.47 Å². The third-order valence-corrected chi connectivity index (χ3v) is 6.56. The summed E-state index contributed by atoms with van der Waals surface area (Å²) < 4.78 is 2.63. The van der Waals surface area contributed by atoms with E-state index >= 15 is 0 Å². The van der Waals surface area contributed by atoms with Crippen molar-refractivity contribution in [1.29, 1.82) is 0 Å². The van der Waals surface area contributed by atoms with E-state index in [-0.39, 0.29) is 0 Å². The molecule has 0 saturated heterocycles. The van der Waals surface area contributed by atoms with Gasteiger partial charge in [0, 0.05) is 41.3 Å². The fourth-order valence-electron chi connectivity index (χ4n) is 5.03. The third-order valence-electron chi connectivity index (χ3n) is 6.19. The fraction of sp³-hybridized carbons (Fsp3) is 0.391. The first kappa shape index (κ1) is 16.4. The maximum absolute atomic E-state index is 6.47. The predicted molar refractivity (Wildman–Crippen MR) is 109 cm³/mol. The van der Waals surface area contributed by atoms with Crippen LogP contribution >= 0.6 is 11.6 Å². The molecule has 2 heterocycles. The number of hydrogen-bond donors (Lipinski definition) is 0. The first-order chi connectivity index (χ1) is 12.7. The monoisotopic (exact) mass is 364 g/mol. The van der Waals surface area contributed by atoms with Crippen LogP contribution in [-0.2, 0) is 19.5 Å². The van der Waals surface area contributed by atoms with Crippen molar-refractivity contribution in [3.05, 3.63) is 69.9 Å². The summed E-state index contributed by atoms with van der Waals surface area (Å²) in [5.41, 5.74) is 7.24. The predicted octanol–water partition coefficient (Wildman–Crippen LogP) is 5.89. The Bertz CT molecular complexity index is 968. The van der Waals surface area contributed by atoms with Gasteiger partial charge in [-0.2, -0.15) is 0 Å². The van der Waals surface area contributed by atoms with Crippen LogP contribution in [0.3, 0.4) is 0 Å². The quantitative estimate of drug-likeness (QED) is 0.550. The van der Waals surface area contributed by atoms with Crippen LogP contribution in [0.1, 0.15) is 47.7 Å². The van der Waals surface area contributed by atoms with Crippen molar-refractivity contribution in [2.75, 3.05) is 6.54 Å². The summed E-state index contributed by atoms with van der Waals surface area (Å²) in [6.45, 7) is 5.43. The number of rotatable bonds is 2. The van der Waals surface area contributed by atoms with E-state index in [0.29, 0.717) is 6.04 Å². The van der Waals surface area contributed by atoms with Gasteiger partial charge in [-0.25, -0.2) is 0 Å². The van der Waals surface area contributed by atoms with Crippen LogP contribution < -0.4 is 0 Å². The molecule has 1 aliphatic carbocycles. The molecule has 0 bridgehead atoms. The number of aromatic nitrogens is 1. The van der Waals surface area contributed by atoms with Crippen LogP contribution in [0.2, 0.25) is 5.02 Å². The lowest BCUT2D eigenvalue weighted by Gasteiger charge is -2.34. The summed E-state index contributed by atoms with van der Waals surface area (Å²) in [6, 6.07) is 15.8. The van der Waals surface area contributed by atoms with E-state index in [1.54, 1.807) is 11.3 Å². The highest BCUT2D eigenvalue weighted by molar-refractivity contribution is 6.31. The Morgan fingerprint density at radius 3 is 2.85 bits per heavy atom. The van der Waals surface area contributed by atoms with Crippen LogP contribution in [0.5, 0.6) is 0 Å². The Morgan fingerprint density at radius 1 is 1.08 bits per heavy atom. The molecule has 1 atom stereocenters. The van der Waals surface area contributed by atoms with Crippen LogP contribution in [0.4, 0.5) is 0 Å². The molecule has 134 valence electrons. The van der Waals surface area contributed by atoms with Crippen molar-refractivity contribution >= 4 is 22.5 Å². The molecule has 2 aromatic carbocycles. The molecular weight excluding hydrogens is 340 g/mol. The zero-order chi connectivity index (χ0) is 17.7. The maximum Gasteiger partial charge on any atom is 0.0507 e. The zero-order valence-electron chi connectivity index (χ0n) is 15.3. The van der Waals surface area contributed by atoms with Gasteiger partial charge in [0.1, 0.15) is 0 Å². The first-order valence-electron chi connectivity index (χ1n) is 9.81. The van der Waals surface area contributed by atoms with E-state index in [9.17, 15) is 0 Å². The van der Waals surface area contributed by atoms with Crippen molar-refractivity contribution in [3.63, 3.8) is 0 Å².